The van der Waals surface area contributed by atoms with Gasteiger partial charge in [0.15, 0.2) is 5.82 Å². The zero-order valence-electron chi connectivity index (χ0n) is 30.6. The molecule has 0 saturated carbocycles. The van der Waals surface area contributed by atoms with E-state index in [2.05, 4.69) is 16.9 Å². The van der Waals surface area contributed by atoms with Crippen LogP contribution in [0.3, 0.4) is 0 Å². The molecule has 11 nitrogen and oxygen atoms in total. The van der Waals surface area contributed by atoms with Gasteiger partial charge in [0.05, 0.1) is 18.3 Å². The molecule has 3 aromatic rings. The molecule has 5 heterocycles. The number of amides is 2. The normalized spacial score (nSPS) is 19.7. The molecule has 3 aliphatic rings. The van der Waals surface area contributed by atoms with Crippen LogP contribution in [0.1, 0.15) is 78.4 Å². The Morgan fingerprint density at radius 1 is 1.06 bits per heavy atom. The Labute approximate surface area is 294 Å². The van der Waals surface area contributed by atoms with Crippen molar-refractivity contribution in [2.75, 3.05) is 44.8 Å². The van der Waals surface area contributed by atoms with E-state index in [0.29, 0.717) is 54.1 Å². The monoisotopic (exact) mass is 691 g/mol. The minimum Gasteiger partial charge on any atom is -0.493 e. The lowest BCUT2D eigenvalue weighted by atomic mass is 9.99. The number of hydrogen-bond donors (Lipinski definition) is 0. The SMILES string of the molecule is Cc1c(OCC2CCCN2C)nc2c(F)c(-c3cccc4c3OCCC4)ncc2c1N(C(=O)OC(C)(C)C)C1CCN(C(=O)OC(C)(C)C)C1. The maximum Gasteiger partial charge on any atom is 0.415 e. The first kappa shape index (κ1) is 35.6. The van der Waals surface area contributed by atoms with Gasteiger partial charge in [-0.2, -0.15) is 0 Å². The number of aryl methyl sites for hydroxylation is 1. The topological polar surface area (TPSA) is 107 Å². The van der Waals surface area contributed by atoms with E-state index in [9.17, 15) is 9.59 Å². The van der Waals surface area contributed by atoms with Crippen LogP contribution >= 0.6 is 0 Å². The zero-order chi connectivity index (χ0) is 36.0. The van der Waals surface area contributed by atoms with Gasteiger partial charge in [0.2, 0.25) is 5.88 Å². The highest BCUT2D eigenvalue weighted by Gasteiger charge is 2.40. The van der Waals surface area contributed by atoms with Gasteiger partial charge in [-0.1, -0.05) is 12.1 Å². The number of rotatable bonds is 6. The van der Waals surface area contributed by atoms with Crippen LogP contribution in [0.4, 0.5) is 19.7 Å². The molecule has 6 rings (SSSR count). The maximum atomic E-state index is 17.0. The van der Waals surface area contributed by atoms with Gasteiger partial charge in [0, 0.05) is 41.8 Å². The summed E-state index contributed by atoms with van der Waals surface area (Å²) in [6.07, 6.45) is 4.69. The molecule has 1 aromatic carbocycles. The molecule has 2 fully saturated rings. The van der Waals surface area contributed by atoms with Gasteiger partial charge in [0.1, 0.15) is 34.8 Å². The number of para-hydroxylation sites is 1. The highest BCUT2D eigenvalue weighted by Crippen LogP contribution is 2.43. The number of aromatic nitrogens is 2. The Balaban J connectivity index is 1.50. The number of ether oxygens (including phenoxy) is 4. The summed E-state index contributed by atoms with van der Waals surface area (Å²) >= 11 is 0. The summed E-state index contributed by atoms with van der Waals surface area (Å²) in [5.74, 6) is 0.215. The molecule has 2 saturated heterocycles. The van der Waals surface area contributed by atoms with E-state index < -0.39 is 35.2 Å². The predicted molar refractivity (Wildman–Crippen MR) is 190 cm³/mol. The second-order valence-corrected chi connectivity index (χ2v) is 15.6. The minimum absolute atomic E-state index is 0.0225. The molecule has 3 aliphatic heterocycles. The fourth-order valence-corrected chi connectivity index (χ4v) is 7.01. The van der Waals surface area contributed by atoms with E-state index in [1.165, 1.54) is 4.90 Å². The van der Waals surface area contributed by atoms with E-state index in [4.69, 9.17) is 23.9 Å². The highest BCUT2D eigenvalue weighted by molar-refractivity contribution is 6.03. The predicted octanol–water partition coefficient (Wildman–Crippen LogP) is 7.29. The van der Waals surface area contributed by atoms with Crippen LogP contribution in [-0.2, 0) is 15.9 Å². The van der Waals surface area contributed by atoms with E-state index in [1.807, 2.05) is 39.8 Å². The third-order valence-electron chi connectivity index (χ3n) is 9.42. The summed E-state index contributed by atoms with van der Waals surface area (Å²) in [5.41, 5.74) is 1.12. The first-order chi connectivity index (χ1) is 23.6. The number of pyridine rings is 2. The Bertz CT molecular complexity index is 1770. The van der Waals surface area contributed by atoms with Gasteiger partial charge in [-0.25, -0.2) is 19.0 Å². The lowest BCUT2D eigenvalue weighted by Gasteiger charge is -2.34. The summed E-state index contributed by atoms with van der Waals surface area (Å²) in [5, 5.41) is 0.335. The standard InChI is InChI=1S/C38H50FN5O6/c1-23-32(44(36(46)50-38(5,6)7)25-16-18-43(21-25)35(45)49-37(2,3)4)28-20-40-30(27-15-9-12-24-13-11-19-47-33(24)27)29(39)31(28)41-34(23)48-22-26-14-10-17-42(26)8/h9,12,15,20,25-26H,10-11,13-14,16-19,21-22H2,1-8H3. The molecule has 0 aliphatic carbocycles. The molecule has 50 heavy (non-hydrogen) atoms. The van der Waals surface area contributed by atoms with Gasteiger partial charge in [-0.3, -0.25) is 9.88 Å². The number of anilines is 1. The molecule has 270 valence electrons. The number of halogens is 1. The Morgan fingerprint density at radius 2 is 1.82 bits per heavy atom. The van der Waals surface area contributed by atoms with Gasteiger partial charge in [-0.05, 0) is 106 Å². The van der Waals surface area contributed by atoms with Crippen molar-refractivity contribution >= 4 is 28.8 Å². The average Bonchev–Trinajstić information content (AvgIpc) is 3.69. The van der Waals surface area contributed by atoms with Crippen molar-refractivity contribution in [3.8, 4) is 22.9 Å². The molecule has 12 heteroatoms. The van der Waals surface area contributed by atoms with Crippen molar-refractivity contribution in [3.05, 3.63) is 41.3 Å². The number of fused-ring (bicyclic) bond motifs is 2. The van der Waals surface area contributed by atoms with E-state index in [1.54, 1.807) is 37.9 Å². The van der Waals surface area contributed by atoms with E-state index >= 15 is 4.39 Å². The Morgan fingerprint density at radius 3 is 2.52 bits per heavy atom. The van der Waals surface area contributed by atoms with Gasteiger partial charge >= 0.3 is 12.2 Å². The summed E-state index contributed by atoms with van der Waals surface area (Å²) in [7, 11) is 2.06. The van der Waals surface area contributed by atoms with Crippen LogP contribution in [0, 0.1) is 12.7 Å². The Kier molecular flexibility index (Phi) is 9.87. The number of carbonyl (C=O) groups is 2. The number of carbonyl (C=O) groups excluding carboxylic acids is 2. The van der Waals surface area contributed by atoms with Crippen LogP contribution in [0.5, 0.6) is 11.6 Å². The smallest absolute Gasteiger partial charge is 0.415 e. The quantitative estimate of drug-likeness (QED) is 0.263. The van der Waals surface area contributed by atoms with Crippen LogP contribution in [0.25, 0.3) is 22.2 Å². The maximum absolute atomic E-state index is 17.0. The molecule has 0 spiro atoms. The van der Waals surface area contributed by atoms with Crippen LogP contribution in [0.2, 0.25) is 0 Å². The lowest BCUT2D eigenvalue weighted by Crippen LogP contribution is -2.46. The van der Waals surface area contributed by atoms with Crippen molar-refractivity contribution in [2.45, 2.75) is 104 Å². The van der Waals surface area contributed by atoms with Crippen LogP contribution in [0.15, 0.2) is 24.4 Å². The van der Waals surface area contributed by atoms with Gasteiger partial charge in [0.25, 0.3) is 0 Å². The lowest BCUT2D eigenvalue weighted by molar-refractivity contribution is 0.0287. The van der Waals surface area contributed by atoms with Crippen molar-refractivity contribution in [3.63, 3.8) is 0 Å². The number of nitrogens with zero attached hydrogens (tertiary/aromatic N) is 5. The van der Waals surface area contributed by atoms with Gasteiger partial charge < -0.3 is 28.7 Å². The van der Waals surface area contributed by atoms with Crippen molar-refractivity contribution in [2.24, 2.45) is 0 Å². The molecule has 2 amide bonds. The zero-order valence-corrected chi connectivity index (χ0v) is 30.6. The van der Waals surface area contributed by atoms with Crippen molar-refractivity contribution < 1.29 is 32.9 Å². The molecule has 2 unspecified atom stereocenters. The highest BCUT2D eigenvalue weighted by atomic mass is 19.1. The fourth-order valence-electron chi connectivity index (χ4n) is 7.01. The third-order valence-corrected chi connectivity index (χ3v) is 9.42. The number of likely N-dealkylation sites (N-methyl/N-ethyl adjacent to an activating group) is 1. The molecule has 2 atom stereocenters. The molecule has 0 N–H and O–H groups in total. The summed E-state index contributed by atoms with van der Waals surface area (Å²) in [4.78, 5) is 42.2. The summed E-state index contributed by atoms with van der Waals surface area (Å²) < 4.78 is 41.1. The largest absolute Gasteiger partial charge is 0.493 e. The van der Waals surface area contributed by atoms with Crippen molar-refractivity contribution in [1.29, 1.82) is 0 Å². The molecule has 2 aromatic heterocycles. The van der Waals surface area contributed by atoms with E-state index in [0.717, 1.165) is 37.8 Å². The van der Waals surface area contributed by atoms with Crippen LogP contribution in [-0.4, -0.2) is 95.1 Å². The second kappa shape index (κ2) is 13.8. The first-order valence-electron chi connectivity index (χ1n) is 17.7. The van der Waals surface area contributed by atoms with E-state index in [-0.39, 0.29) is 29.7 Å². The fraction of sp³-hybridized carbons (Fsp3) is 0.579. The Hall–Kier alpha value is -4.19. The number of hydrogen-bond acceptors (Lipinski definition) is 9. The van der Waals surface area contributed by atoms with Crippen molar-refractivity contribution in [1.82, 2.24) is 19.8 Å². The number of likely N-dealkylation sites (tertiary alicyclic amines) is 2. The second-order valence-electron chi connectivity index (χ2n) is 15.6. The average molecular weight is 692 g/mol. The number of benzene rings is 1. The summed E-state index contributed by atoms with van der Waals surface area (Å²) in [6, 6.07) is 5.35. The first-order valence-corrected chi connectivity index (χ1v) is 17.7. The molecule has 0 radical (unpaired) electrons. The summed E-state index contributed by atoms with van der Waals surface area (Å²) in [6.45, 7) is 15.1. The van der Waals surface area contributed by atoms with Crippen LogP contribution < -0.4 is 14.4 Å². The molecular formula is C38H50FN5O6. The minimum atomic E-state index is -0.828. The molecular weight excluding hydrogens is 641 g/mol. The molecule has 0 bridgehead atoms. The van der Waals surface area contributed by atoms with Gasteiger partial charge in [-0.15, -0.1) is 0 Å². The third kappa shape index (κ3) is 7.45.